The van der Waals surface area contributed by atoms with Gasteiger partial charge in [-0.3, -0.25) is 0 Å². The molecule has 9 heavy (non-hydrogen) atoms. The topological polar surface area (TPSA) is 17.3 Å². The molecule has 54 valence electrons. The molecule has 0 aromatic carbocycles. The van der Waals surface area contributed by atoms with E-state index in [1.807, 2.05) is 0 Å². The normalized spacial score (nSPS) is 9.33. The SMILES string of the molecule is CC[N-]CCN(C)C.[Ce]. The first-order chi connectivity index (χ1) is 3.77. The maximum Gasteiger partial charge on any atom is 0 e. The minimum atomic E-state index is 0. The summed E-state index contributed by atoms with van der Waals surface area (Å²) in [6.45, 7) is 5.07. The second kappa shape index (κ2) is 9.30. The Bertz CT molecular complexity index is 48.3. The fraction of sp³-hybridized carbons (Fsp3) is 1.00. The van der Waals surface area contributed by atoms with E-state index in [0.717, 1.165) is 19.6 Å². The third-order valence-electron chi connectivity index (χ3n) is 0.929. The molecule has 3 heteroatoms. The molecular weight excluding hydrogens is 240 g/mol. The Labute approximate surface area is 91.8 Å². The zero-order valence-corrected chi connectivity index (χ0v) is 9.66. The number of likely N-dealkylation sites (N-methyl/N-ethyl adjacent to an activating group) is 2. The molecule has 0 aliphatic carbocycles. The van der Waals surface area contributed by atoms with E-state index in [2.05, 4.69) is 31.2 Å². The molecule has 0 bridgehead atoms. The average Bonchev–Trinajstić information content (AvgIpc) is 1.66. The zero-order valence-electron chi connectivity index (χ0n) is 6.52. The van der Waals surface area contributed by atoms with E-state index in [1.165, 1.54) is 0 Å². The molecule has 0 aromatic rings. The largest absolute Gasteiger partial charge is 0.661 e. The van der Waals surface area contributed by atoms with Crippen molar-refractivity contribution < 1.29 is 41.7 Å². The van der Waals surface area contributed by atoms with Gasteiger partial charge in [-0.05, 0) is 20.6 Å². The van der Waals surface area contributed by atoms with Crippen molar-refractivity contribution in [1.82, 2.24) is 4.90 Å². The average molecular weight is 255 g/mol. The molecule has 2 nitrogen and oxygen atoms in total. The fourth-order valence-corrected chi connectivity index (χ4v) is 0.429. The Morgan fingerprint density at radius 1 is 1.33 bits per heavy atom. The van der Waals surface area contributed by atoms with Crippen LogP contribution in [0, 0.1) is 41.7 Å². The van der Waals surface area contributed by atoms with Gasteiger partial charge in [-0.2, -0.15) is 6.54 Å². The quantitative estimate of drug-likeness (QED) is 0.684. The molecule has 0 rings (SSSR count). The van der Waals surface area contributed by atoms with Crippen LogP contribution < -0.4 is 0 Å². The standard InChI is InChI=1S/C6H15N2.Ce/c1-4-7-5-6-8(2)3;/h4-6H2,1-3H3;/q-1;. The summed E-state index contributed by atoms with van der Waals surface area (Å²) in [7, 11) is 4.12. The van der Waals surface area contributed by atoms with Gasteiger partial charge in [0.2, 0.25) is 0 Å². The van der Waals surface area contributed by atoms with Gasteiger partial charge in [-0.15, -0.1) is 6.54 Å². The Kier molecular flexibility index (Phi) is 13.4. The van der Waals surface area contributed by atoms with Crippen molar-refractivity contribution in [1.29, 1.82) is 0 Å². The molecule has 0 N–H and O–H groups in total. The van der Waals surface area contributed by atoms with Crippen molar-refractivity contribution in [2.75, 3.05) is 33.7 Å². The van der Waals surface area contributed by atoms with Crippen LogP contribution in [0.2, 0.25) is 0 Å². The van der Waals surface area contributed by atoms with Crippen molar-refractivity contribution in [2.24, 2.45) is 0 Å². The summed E-state index contributed by atoms with van der Waals surface area (Å²) in [5, 5.41) is 4.17. The van der Waals surface area contributed by atoms with Crippen molar-refractivity contribution in [2.45, 2.75) is 6.92 Å². The predicted molar refractivity (Wildman–Crippen MR) is 37.3 cm³/mol. The van der Waals surface area contributed by atoms with Gasteiger partial charge in [0.05, 0.1) is 0 Å². The minimum Gasteiger partial charge on any atom is -0.661 e. The first-order valence-electron chi connectivity index (χ1n) is 3.05. The third kappa shape index (κ3) is 12.5. The van der Waals surface area contributed by atoms with Crippen LogP contribution in [0.4, 0.5) is 0 Å². The van der Waals surface area contributed by atoms with Crippen LogP contribution in [-0.2, 0) is 0 Å². The summed E-state index contributed by atoms with van der Waals surface area (Å²) in [6, 6.07) is 0. The Morgan fingerprint density at radius 2 is 1.89 bits per heavy atom. The van der Waals surface area contributed by atoms with Gasteiger partial charge in [0.1, 0.15) is 0 Å². The van der Waals surface area contributed by atoms with Crippen LogP contribution in [0.25, 0.3) is 5.32 Å². The zero-order chi connectivity index (χ0) is 6.41. The molecule has 0 heterocycles. The molecule has 0 fully saturated rings. The monoisotopic (exact) mass is 255 g/mol. The van der Waals surface area contributed by atoms with Gasteiger partial charge >= 0.3 is 0 Å². The van der Waals surface area contributed by atoms with Crippen LogP contribution in [-0.4, -0.2) is 38.6 Å². The molecule has 0 aromatic heterocycles. The van der Waals surface area contributed by atoms with Crippen LogP contribution in [0.15, 0.2) is 0 Å². The van der Waals surface area contributed by atoms with Crippen LogP contribution in [0.5, 0.6) is 0 Å². The van der Waals surface area contributed by atoms with Gasteiger partial charge in [0, 0.05) is 41.7 Å². The Hall–Kier alpha value is 1.30. The molecule has 0 atom stereocenters. The van der Waals surface area contributed by atoms with Gasteiger partial charge in [0.15, 0.2) is 0 Å². The van der Waals surface area contributed by atoms with Crippen molar-refractivity contribution in [3.8, 4) is 0 Å². The molecule has 0 saturated heterocycles. The van der Waals surface area contributed by atoms with Gasteiger partial charge < -0.3 is 10.2 Å². The molecule has 0 aliphatic rings. The molecule has 0 amide bonds. The number of hydrogen-bond acceptors (Lipinski definition) is 1. The molecule has 0 spiro atoms. The van der Waals surface area contributed by atoms with Crippen LogP contribution in [0.3, 0.4) is 0 Å². The fourth-order valence-electron chi connectivity index (χ4n) is 0.429. The number of rotatable bonds is 4. The summed E-state index contributed by atoms with van der Waals surface area (Å²) < 4.78 is 0. The summed E-state index contributed by atoms with van der Waals surface area (Å²) >= 11 is 0. The van der Waals surface area contributed by atoms with E-state index in [9.17, 15) is 0 Å². The van der Waals surface area contributed by atoms with E-state index >= 15 is 0 Å². The van der Waals surface area contributed by atoms with E-state index in [4.69, 9.17) is 0 Å². The second-order valence-corrected chi connectivity index (χ2v) is 2.07. The van der Waals surface area contributed by atoms with E-state index in [-0.39, 0.29) is 41.7 Å². The van der Waals surface area contributed by atoms with Crippen molar-refractivity contribution >= 4 is 0 Å². The van der Waals surface area contributed by atoms with Crippen LogP contribution in [0.1, 0.15) is 6.92 Å². The first kappa shape index (κ1) is 12.9. The Morgan fingerprint density at radius 3 is 2.22 bits per heavy atom. The predicted octanol–water partition coefficient (Wildman–Crippen LogP) is 0.942. The van der Waals surface area contributed by atoms with Crippen LogP contribution >= 0.6 is 0 Å². The summed E-state index contributed by atoms with van der Waals surface area (Å²) in [5.74, 6) is 0. The summed E-state index contributed by atoms with van der Waals surface area (Å²) in [6.07, 6.45) is 0. The minimum absolute atomic E-state index is 0. The summed E-state index contributed by atoms with van der Waals surface area (Å²) in [4.78, 5) is 2.14. The first-order valence-corrected chi connectivity index (χ1v) is 3.05. The van der Waals surface area contributed by atoms with Crippen molar-refractivity contribution in [3.05, 3.63) is 5.32 Å². The van der Waals surface area contributed by atoms with Gasteiger partial charge in [0.25, 0.3) is 0 Å². The maximum absolute atomic E-state index is 4.17. The number of nitrogens with zero attached hydrogens (tertiary/aromatic N) is 2. The molecule has 0 saturated carbocycles. The Balaban J connectivity index is 0. The van der Waals surface area contributed by atoms with E-state index < -0.39 is 0 Å². The molecule has 0 unspecified atom stereocenters. The van der Waals surface area contributed by atoms with Gasteiger partial charge in [-0.1, -0.05) is 6.92 Å². The van der Waals surface area contributed by atoms with E-state index in [0.29, 0.717) is 0 Å². The molecular formula is C6H15CeN2-. The summed E-state index contributed by atoms with van der Waals surface area (Å²) in [5.41, 5.74) is 0. The third-order valence-corrected chi connectivity index (χ3v) is 0.929. The molecule has 0 radical (unpaired) electrons. The van der Waals surface area contributed by atoms with Gasteiger partial charge in [-0.25, -0.2) is 0 Å². The molecule has 0 aliphatic heterocycles. The smallest absolute Gasteiger partial charge is 0 e. The van der Waals surface area contributed by atoms with E-state index in [1.54, 1.807) is 0 Å². The van der Waals surface area contributed by atoms with Crippen molar-refractivity contribution in [3.63, 3.8) is 0 Å². The maximum atomic E-state index is 4.17. The second-order valence-electron chi connectivity index (χ2n) is 2.07. The number of hydrogen-bond donors (Lipinski definition) is 0.